The summed E-state index contributed by atoms with van der Waals surface area (Å²) >= 11 is 0. The zero-order valence-electron chi connectivity index (χ0n) is 28.5. The van der Waals surface area contributed by atoms with Crippen LogP contribution in [0.2, 0.25) is 0 Å². The Morgan fingerprint density at radius 1 is 0.600 bits per heavy atom. The van der Waals surface area contributed by atoms with Gasteiger partial charge in [-0.05, 0) is 38.0 Å². The van der Waals surface area contributed by atoms with Crippen LogP contribution >= 0.6 is 0 Å². The Morgan fingerprint density at radius 3 is 1.40 bits per heavy atom. The van der Waals surface area contributed by atoms with E-state index in [1.165, 1.54) is 41.7 Å². The van der Waals surface area contributed by atoms with E-state index in [2.05, 4.69) is 4.18 Å². The van der Waals surface area contributed by atoms with Gasteiger partial charge in [0.15, 0.2) is 0 Å². The highest BCUT2D eigenvalue weighted by Gasteiger charge is 2.47. The maximum absolute atomic E-state index is 13.6. The van der Waals surface area contributed by atoms with E-state index in [1.54, 1.807) is 13.8 Å². The number of nitrogens with zero attached hydrogens (tertiary/aromatic N) is 3. The molecule has 0 saturated carbocycles. The minimum Gasteiger partial charge on any atom is -0.343 e. The summed E-state index contributed by atoms with van der Waals surface area (Å²) in [5.74, 6) is -11.1. The van der Waals surface area contributed by atoms with Gasteiger partial charge in [-0.3, -0.25) is 23.4 Å². The Hall–Kier alpha value is -4.61. The summed E-state index contributed by atoms with van der Waals surface area (Å²) in [6.45, 7) is -6.69. The van der Waals surface area contributed by atoms with Crippen LogP contribution in [0.5, 0.6) is 0 Å². The topological polar surface area (TPSA) is 133 Å². The second kappa shape index (κ2) is 18.3. The van der Waals surface area contributed by atoms with Gasteiger partial charge in [0.05, 0.1) is 17.5 Å². The van der Waals surface area contributed by atoms with E-state index in [4.69, 9.17) is 0 Å². The molecular weight excluding hydrogens is 800 g/mol. The van der Waals surface area contributed by atoms with Crippen LogP contribution in [0.1, 0.15) is 16.7 Å². The number of alkyl halides is 12. The number of benzene rings is 2. The van der Waals surface area contributed by atoms with Crippen molar-refractivity contribution in [2.45, 2.75) is 55.9 Å². The average molecular weight is 833 g/mol. The van der Waals surface area contributed by atoms with Crippen molar-refractivity contribution >= 4 is 33.7 Å². The maximum atomic E-state index is 13.6. The molecule has 0 radical (unpaired) electrons. The van der Waals surface area contributed by atoms with Gasteiger partial charge >= 0.3 is 48.3 Å². The number of carbonyl (C=O) groups excluding carboxylic acids is 4. The molecular formula is C31H32F12N4O7S. The van der Waals surface area contributed by atoms with Gasteiger partial charge in [-0.2, -0.15) is 61.1 Å². The van der Waals surface area contributed by atoms with E-state index < -0.39 is 122 Å². The van der Waals surface area contributed by atoms with Gasteiger partial charge in [-0.1, -0.05) is 47.5 Å². The van der Waals surface area contributed by atoms with Crippen LogP contribution in [-0.4, -0.2) is 123 Å². The van der Waals surface area contributed by atoms with Crippen molar-refractivity contribution in [1.82, 2.24) is 20.0 Å². The van der Waals surface area contributed by atoms with E-state index in [0.29, 0.717) is 11.1 Å². The van der Waals surface area contributed by atoms with Crippen molar-refractivity contribution in [3.8, 4) is 0 Å². The first-order chi connectivity index (χ1) is 25.0. The summed E-state index contributed by atoms with van der Waals surface area (Å²) in [5.41, 5.74) is 1.38. The van der Waals surface area contributed by atoms with Crippen LogP contribution in [0.15, 0.2) is 53.4 Å². The Morgan fingerprint density at radius 2 is 0.982 bits per heavy atom. The molecule has 1 unspecified atom stereocenters. The standard InChI is InChI=1S/C31H32F12N4O7S/c1-19-3-7-21(8-4-19)17-22(44-24(48)28(32,33)34)18-47(27(51)31(41,42)43)14-13-45(25(49)29(35,36)37)11-12-46(26(50)30(38,39)40)15-16-54-55(52,53)23-9-5-20(2)6-10-23/h3-10,22H,11-18H2,1-2H3,(H,44,48). The third kappa shape index (κ3) is 14.9. The molecule has 24 heteroatoms. The maximum Gasteiger partial charge on any atom is 0.471 e. The first-order valence-electron chi connectivity index (χ1n) is 15.5. The molecule has 0 heterocycles. The van der Waals surface area contributed by atoms with Crippen molar-refractivity contribution < 1.29 is 84.5 Å². The van der Waals surface area contributed by atoms with Gasteiger partial charge in [0.25, 0.3) is 10.1 Å². The lowest BCUT2D eigenvalue weighted by atomic mass is 10.0. The quantitative estimate of drug-likeness (QED) is 0.195. The van der Waals surface area contributed by atoms with Crippen molar-refractivity contribution in [2.75, 3.05) is 45.9 Å². The van der Waals surface area contributed by atoms with Crippen molar-refractivity contribution in [3.63, 3.8) is 0 Å². The molecule has 0 bridgehead atoms. The molecule has 0 aliphatic carbocycles. The monoisotopic (exact) mass is 832 g/mol. The fourth-order valence-electron chi connectivity index (χ4n) is 4.66. The number of carbonyl (C=O) groups is 4. The van der Waals surface area contributed by atoms with Crippen molar-refractivity contribution in [1.29, 1.82) is 0 Å². The smallest absolute Gasteiger partial charge is 0.343 e. The van der Waals surface area contributed by atoms with E-state index in [9.17, 15) is 80.3 Å². The molecule has 0 spiro atoms. The Kier molecular flexibility index (Phi) is 15.5. The SMILES string of the molecule is Cc1ccc(CC(CN(CCN(CCN(CCOS(=O)(=O)c2ccc(C)cc2)C(=O)C(F)(F)F)C(=O)C(F)(F)F)C(=O)C(F)(F)F)NC(=O)C(F)(F)F)cc1. The van der Waals surface area contributed by atoms with Crippen LogP contribution in [0, 0.1) is 13.8 Å². The van der Waals surface area contributed by atoms with E-state index in [0.717, 1.165) is 12.1 Å². The number of nitrogens with one attached hydrogen (secondary N) is 1. The summed E-state index contributed by atoms with van der Waals surface area (Å²) in [5, 5.41) is 1.41. The fraction of sp³-hybridized carbons (Fsp3) is 0.484. The molecule has 4 amide bonds. The normalized spacial score (nSPS) is 13.2. The predicted molar refractivity (Wildman–Crippen MR) is 165 cm³/mol. The van der Waals surface area contributed by atoms with Gasteiger partial charge in [0.2, 0.25) is 0 Å². The summed E-state index contributed by atoms with van der Waals surface area (Å²) in [6.07, 6.45) is -23.6. The minimum absolute atomic E-state index is 0.136. The number of hydrogen-bond donors (Lipinski definition) is 1. The molecule has 11 nitrogen and oxygen atoms in total. The first-order valence-corrected chi connectivity index (χ1v) is 16.9. The van der Waals surface area contributed by atoms with Crippen LogP contribution in [0.25, 0.3) is 0 Å². The summed E-state index contributed by atoms with van der Waals surface area (Å²) in [6, 6.07) is 8.39. The summed E-state index contributed by atoms with van der Waals surface area (Å²) in [4.78, 5) is 47.0. The second-order valence-corrected chi connectivity index (χ2v) is 13.4. The number of aryl methyl sites for hydroxylation is 2. The summed E-state index contributed by atoms with van der Waals surface area (Å²) < 4.78 is 190. The Balaban J connectivity index is 2.39. The number of hydrogen-bond acceptors (Lipinski definition) is 7. The van der Waals surface area contributed by atoms with Gasteiger partial charge in [-0.25, -0.2) is 0 Å². The first kappa shape index (κ1) is 46.5. The highest BCUT2D eigenvalue weighted by atomic mass is 32.2. The molecule has 55 heavy (non-hydrogen) atoms. The average Bonchev–Trinajstić information content (AvgIpc) is 3.05. The molecule has 0 aromatic heterocycles. The van der Waals surface area contributed by atoms with Gasteiger partial charge in [-0.15, -0.1) is 0 Å². The number of halogens is 12. The number of amides is 4. The van der Waals surface area contributed by atoms with Crippen LogP contribution in [0.3, 0.4) is 0 Å². The van der Waals surface area contributed by atoms with Crippen molar-refractivity contribution in [3.05, 3.63) is 65.2 Å². The third-order valence-corrected chi connectivity index (χ3v) is 8.74. The highest BCUT2D eigenvalue weighted by Crippen LogP contribution is 2.24. The Labute approximate surface area is 305 Å². The zero-order valence-corrected chi connectivity index (χ0v) is 29.3. The van der Waals surface area contributed by atoms with Crippen LogP contribution in [-0.2, 0) is 39.9 Å². The van der Waals surface area contributed by atoms with Crippen LogP contribution < -0.4 is 5.32 Å². The van der Waals surface area contributed by atoms with E-state index >= 15 is 0 Å². The minimum atomic E-state index is -5.84. The zero-order chi connectivity index (χ0) is 42.2. The third-order valence-electron chi connectivity index (χ3n) is 7.41. The molecule has 0 saturated heterocycles. The Bertz CT molecular complexity index is 1750. The summed E-state index contributed by atoms with van der Waals surface area (Å²) in [7, 11) is -4.63. The lowest BCUT2D eigenvalue weighted by Crippen LogP contribution is -2.55. The molecule has 308 valence electrons. The van der Waals surface area contributed by atoms with E-state index in [1.807, 2.05) is 0 Å². The van der Waals surface area contributed by atoms with Gasteiger partial charge in [0, 0.05) is 39.3 Å². The molecule has 1 atom stereocenters. The lowest BCUT2D eigenvalue weighted by molar-refractivity contribution is -0.191. The molecule has 2 aromatic carbocycles. The molecule has 2 aromatic rings. The van der Waals surface area contributed by atoms with Gasteiger partial charge < -0.3 is 20.0 Å². The second-order valence-electron chi connectivity index (χ2n) is 11.8. The van der Waals surface area contributed by atoms with E-state index in [-0.39, 0.29) is 20.3 Å². The fourth-order valence-corrected chi connectivity index (χ4v) is 5.56. The highest BCUT2D eigenvalue weighted by molar-refractivity contribution is 7.86. The lowest BCUT2D eigenvalue weighted by Gasteiger charge is -2.33. The molecule has 0 aliphatic heterocycles. The number of rotatable bonds is 16. The largest absolute Gasteiger partial charge is 0.471 e. The molecule has 1 N–H and O–H groups in total. The molecule has 0 aliphatic rings. The predicted octanol–water partition coefficient (Wildman–Crippen LogP) is 4.47. The van der Waals surface area contributed by atoms with Crippen molar-refractivity contribution in [2.24, 2.45) is 0 Å². The van der Waals surface area contributed by atoms with Gasteiger partial charge in [0.1, 0.15) is 0 Å². The van der Waals surface area contributed by atoms with Crippen LogP contribution in [0.4, 0.5) is 52.7 Å². The molecule has 2 rings (SSSR count). The molecule has 0 fully saturated rings.